The molecule has 0 radical (unpaired) electrons. The van der Waals surface area contributed by atoms with Crippen LogP contribution in [-0.4, -0.2) is 29.5 Å². The normalized spacial score (nSPS) is 19.5. The molecule has 1 aromatic heterocycles. The number of nitrogens with one attached hydrogen (secondary N) is 2. The molecule has 6 nitrogen and oxygen atoms in total. The smallest absolute Gasteiger partial charge is 0.269 e. The quantitative estimate of drug-likeness (QED) is 0.901. The van der Waals surface area contributed by atoms with Crippen LogP contribution < -0.4 is 15.8 Å². The van der Waals surface area contributed by atoms with Gasteiger partial charge in [0.05, 0.1) is 18.0 Å². The second kappa shape index (κ2) is 6.28. The molecule has 126 valence electrons. The number of aromatic nitrogens is 2. The fraction of sp³-hybridized carbons (Fsp3) is 0.444. The minimum atomic E-state index is -0.125. The van der Waals surface area contributed by atoms with Gasteiger partial charge in [0.2, 0.25) is 0 Å². The van der Waals surface area contributed by atoms with Gasteiger partial charge in [-0.15, -0.1) is 0 Å². The van der Waals surface area contributed by atoms with Gasteiger partial charge < -0.3 is 15.0 Å². The Balaban J connectivity index is 1.54. The average molecular weight is 326 g/mol. The summed E-state index contributed by atoms with van der Waals surface area (Å²) in [5.41, 5.74) is 5.26. The maximum Gasteiger partial charge on any atom is 0.269 e. The summed E-state index contributed by atoms with van der Waals surface area (Å²) in [6.45, 7) is 5.16. The molecule has 2 aliphatic heterocycles. The molecule has 0 amide bonds. The van der Waals surface area contributed by atoms with Gasteiger partial charge >= 0.3 is 0 Å². The maximum absolute atomic E-state index is 11.8. The molecule has 24 heavy (non-hydrogen) atoms. The molecule has 4 rings (SSSR count). The monoisotopic (exact) mass is 326 g/mol. The molecule has 0 saturated carbocycles. The van der Waals surface area contributed by atoms with E-state index in [1.165, 1.54) is 16.8 Å². The molecule has 1 fully saturated rings. The van der Waals surface area contributed by atoms with Crippen molar-refractivity contribution in [3.05, 3.63) is 51.4 Å². The van der Waals surface area contributed by atoms with Crippen LogP contribution in [0.2, 0.25) is 0 Å². The lowest BCUT2D eigenvalue weighted by atomic mass is 10.1. The van der Waals surface area contributed by atoms with Gasteiger partial charge in [0.1, 0.15) is 0 Å². The van der Waals surface area contributed by atoms with Crippen LogP contribution in [0.15, 0.2) is 29.2 Å². The van der Waals surface area contributed by atoms with E-state index in [1.54, 1.807) is 6.20 Å². The minimum absolute atomic E-state index is 0.125. The molecule has 1 saturated heterocycles. The zero-order valence-electron chi connectivity index (χ0n) is 13.8. The maximum atomic E-state index is 11.8. The lowest BCUT2D eigenvalue weighted by Crippen LogP contribution is -2.22. The van der Waals surface area contributed by atoms with Crippen molar-refractivity contribution in [2.24, 2.45) is 0 Å². The van der Waals surface area contributed by atoms with Crippen molar-refractivity contribution >= 4 is 11.4 Å². The summed E-state index contributed by atoms with van der Waals surface area (Å²) in [5, 5.41) is 9.99. The average Bonchev–Trinajstić information content (AvgIpc) is 3.24. The number of rotatable bonds is 4. The van der Waals surface area contributed by atoms with Gasteiger partial charge in [-0.1, -0.05) is 12.1 Å². The Labute approximate surface area is 140 Å². The van der Waals surface area contributed by atoms with Gasteiger partial charge in [-0.2, -0.15) is 5.10 Å². The third-order valence-electron chi connectivity index (χ3n) is 4.95. The fourth-order valence-corrected chi connectivity index (χ4v) is 3.55. The van der Waals surface area contributed by atoms with Crippen molar-refractivity contribution < 1.29 is 4.74 Å². The number of hydrogen-bond acceptors (Lipinski definition) is 5. The molecular formula is C18H22N4O2. The number of hydrogen-bond donors (Lipinski definition) is 2. The van der Waals surface area contributed by atoms with Gasteiger partial charge in [0, 0.05) is 37.5 Å². The van der Waals surface area contributed by atoms with E-state index < -0.39 is 0 Å². The Bertz CT molecular complexity index is 796. The van der Waals surface area contributed by atoms with E-state index in [-0.39, 0.29) is 5.56 Å². The van der Waals surface area contributed by atoms with Crippen LogP contribution in [0.5, 0.6) is 0 Å². The van der Waals surface area contributed by atoms with Crippen LogP contribution in [0.3, 0.4) is 0 Å². The SMILES string of the molecule is Cc1c(N2Cc3cccc(NCC4CCCO4)c3C2)cn[nH]c1=O. The summed E-state index contributed by atoms with van der Waals surface area (Å²) >= 11 is 0. The minimum Gasteiger partial charge on any atom is -0.382 e. The molecule has 2 N–H and O–H groups in total. The van der Waals surface area contributed by atoms with E-state index in [0.717, 1.165) is 44.8 Å². The lowest BCUT2D eigenvalue weighted by molar-refractivity contribution is 0.120. The Morgan fingerprint density at radius 3 is 3.17 bits per heavy atom. The molecule has 2 aromatic rings. The molecule has 0 aliphatic carbocycles. The Kier molecular flexibility index (Phi) is 3.98. The van der Waals surface area contributed by atoms with E-state index in [4.69, 9.17) is 4.74 Å². The molecule has 0 spiro atoms. The Hall–Kier alpha value is -2.34. The number of ether oxygens (including phenoxy) is 1. The number of nitrogens with zero attached hydrogens (tertiary/aromatic N) is 2. The standard InChI is InChI=1S/C18H22N4O2/c1-12-17(9-20-21-18(12)23)22-10-13-4-2-6-16(15(13)11-22)19-8-14-5-3-7-24-14/h2,4,6,9,14,19H,3,5,7-8,10-11H2,1H3,(H,21,23). The third kappa shape index (κ3) is 2.78. The highest BCUT2D eigenvalue weighted by Gasteiger charge is 2.24. The highest BCUT2D eigenvalue weighted by Crippen LogP contribution is 2.33. The highest BCUT2D eigenvalue weighted by atomic mass is 16.5. The summed E-state index contributed by atoms with van der Waals surface area (Å²) in [6.07, 6.45) is 4.34. The zero-order valence-corrected chi connectivity index (χ0v) is 13.8. The van der Waals surface area contributed by atoms with Crippen molar-refractivity contribution in [3.8, 4) is 0 Å². The van der Waals surface area contributed by atoms with E-state index in [9.17, 15) is 4.79 Å². The molecule has 3 heterocycles. The third-order valence-corrected chi connectivity index (χ3v) is 4.95. The molecule has 6 heteroatoms. The first-order chi connectivity index (χ1) is 11.7. The van der Waals surface area contributed by atoms with Crippen LogP contribution in [0, 0.1) is 6.92 Å². The molecule has 2 aliphatic rings. The Morgan fingerprint density at radius 1 is 1.42 bits per heavy atom. The molecule has 1 atom stereocenters. The first-order valence-corrected chi connectivity index (χ1v) is 8.48. The summed E-state index contributed by atoms with van der Waals surface area (Å²) < 4.78 is 5.69. The van der Waals surface area contributed by atoms with Crippen molar-refractivity contribution in [1.29, 1.82) is 0 Å². The zero-order chi connectivity index (χ0) is 16.5. The first kappa shape index (κ1) is 15.2. The number of H-pyrrole nitrogens is 1. The molecule has 0 bridgehead atoms. The van der Waals surface area contributed by atoms with E-state index in [2.05, 4.69) is 38.6 Å². The number of anilines is 2. The van der Waals surface area contributed by atoms with Crippen LogP contribution in [-0.2, 0) is 17.8 Å². The molecular weight excluding hydrogens is 304 g/mol. The van der Waals surface area contributed by atoms with E-state index in [1.807, 2.05) is 6.92 Å². The van der Waals surface area contributed by atoms with Crippen molar-refractivity contribution in [2.45, 2.75) is 39.0 Å². The van der Waals surface area contributed by atoms with Crippen molar-refractivity contribution in [2.75, 3.05) is 23.4 Å². The van der Waals surface area contributed by atoms with Crippen LogP contribution in [0.25, 0.3) is 0 Å². The summed E-state index contributed by atoms with van der Waals surface area (Å²) in [5.74, 6) is 0. The van der Waals surface area contributed by atoms with Gasteiger partial charge in [-0.05, 0) is 37.0 Å². The Morgan fingerprint density at radius 2 is 2.33 bits per heavy atom. The van der Waals surface area contributed by atoms with Gasteiger partial charge in [0.25, 0.3) is 5.56 Å². The fourth-order valence-electron chi connectivity index (χ4n) is 3.55. The van der Waals surface area contributed by atoms with Crippen LogP contribution in [0.1, 0.15) is 29.5 Å². The number of aromatic amines is 1. The lowest BCUT2D eigenvalue weighted by Gasteiger charge is -2.19. The predicted molar refractivity (Wildman–Crippen MR) is 93.4 cm³/mol. The van der Waals surface area contributed by atoms with Crippen molar-refractivity contribution in [1.82, 2.24) is 10.2 Å². The van der Waals surface area contributed by atoms with Crippen LogP contribution >= 0.6 is 0 Å². The topological polar surface area (TPSA) is 70.2 Å². The summed E-state index contributed by atoms with van der Waals surface area (Å²) in [4.78, 5) is 14.0. The second-order valence-electron chi connectivity index (χ2n) is 6.52. The molecule has 1 aromatic carbocycles. The van der Waals surface area contributed by atoms with E-state index in [0.29, 0.717) is 11.7 Å². The highest BCUT2D eigenvalue weighted by molar-refractivity contribution is 5.62. The molecule has 1 unspecified atom stereocenters. The van der Waals surface area contributed by atoms with Gasteiger partial charge in [-0.3, -0.25) is 4.79 Å². The van der Waals surface area contributed by atoms with Crippen LogP contribution in [0.4, 0.5) is 11.4 Å². The summed E-state index contributed by atoms with van der Waals surface area (Å²) in [6, 6.07) is 6.37. The second-order valence-corrected chi connectivity index (χ2v) is 6.52. The number of fused-ring (bicyclic) bond motifs is 1. The summed E-state index contributed by atoms with van der Waals surface area (Å²) in [7, 11) is 0. The van der Waals surface area contributed by atoms with Crippen molar-refractivity contribution in [3.63, 3.8) is 0 Å². The largest absolute Gasteiger partial charge is 0.382 e. The predicted octanol–water partition coefficient (Wildman–Crippen LogP) is 2.19. The first-order valence-electron chi connectivity index (χ1n) is 8.48. The van der Waals surface area contributed by atoms with Gasteiger partial charge in [-0.25, -0.2) is 5.10 Å². The van der Waals surface area contributed by atoms with E-state index >= 15 is 0 Å². The van der Waals surface area contributed by atoms with Gasteiger partial charge in [0.15, 0.2) is 0 Å². The number of benzene rings is 1.